The maximum atomic E-state index is 13.8. The highest BCUT2D eigenvalue weighted by Gasteiger charge is 2.38. The third-order valence-corrected chi connectivity index (χ3v) is 8.28. The Bertz CT molecular complexity index is 862. The molecule has 0 aromatic rings. The number of likely N-dealkylation sites (tertiary alicyclic amines) is 1. The second kappa shape index (κ2) is 14.1. The van der Waals surface area contributed by atoms with Crippen LogP contribution in [0.25, 0.3) is 0 Å². The van der Waals surface area contributed by atoms with Crippen LogP contribution in [0.15, 0.2) is 4.99 Å². The second-order valence-electron chi connectivity index (χ2n) is 11.2. The van der Waals surface area contributed by atoms with Crippen LogP contribution in [0.3, 0.4) is 0 Å². The number of aliphatic imine (C=N–C) groups is 1. The van der Waals surface area contributed by atoms with Gasteiger partial charge in [-0.1, -0.05) is 32.1 Å². The minimum atomic E-state index is -0.890. The standard InChI is InChI=1S/C27H44N6O5.2H2/c1-32-10-8-27(20-28,9-11-32)31-24(34)23(17-21-5-3-2-4-6-21)29-25(33-12-15-36-16-13-33)30-26(35)38-19-22-7-14-37-18-22;;/h21-23H,2-19H2,1H3,(H,31,34)(H,29,30,35);2*1H/t22-,23-;;/m0../s1. The van der Waals surface area contributed by atoms with Gasteiger partial charge in [-0.3, -0.25) is 10.1 Å². The number of carbonyl (C=O) groups excluding carboxylic acids is 2. The van der Waals surface area contributed by atoms with Gasteiger partial charge >= 0.3 is 6.09 Å². The Labute approximate surface area is 229 Å². The van der Waals surface area contributed by atoms with E-state index < -0.39 is 17.7 Å². The monoisotopic (exact) mass is 536 g/mol. The Kier molecular flexibility index (Phi) is 10.6. The number of morpholine rings is 1. The summed E-state index contributed by atoms with van der Waals surface area (Å²) in [5.74, 6) is 0.683. The zero-order chi connectivity index (χ0) is 26.8. The molecule has 4 fully saturated rings. The number of guanidine groups is 1. The highest BCUT2D eigenvalue weighted by molar-refractivity contribution is 5.96. The van der Waals surface area contributed by atoms with Crippen molar-refractivity contribution >= 4 is 18.0 Å². The summed E-state index contributed by atoms with van der Waals surface area (Å²) >= 11 is 0. The lowest BCUT2D eigenvalue weighted by Crippen LogP contribution is -2.56. The lowest BCUT2D eigenvalue weighted by molar-refractivity contribution is -0.124. The first kappa shape index (κ1) is 28.6. The van der Waals surface area contributed by atoms with E-state index in [9.17, 15) is 14.9 Å². The number of nitriles is 1. The minimum absolute atomic E-state index is 0. The maximum absolute atomic E-state index is 13.8. The maximum Gasteiger partial charge on any atom is 0.413 e. The van der Waals surface area contributed by atoms with Crippen LogP contribution in [0, 0.1) is 23.2 Å². The van der Waals surface area contributed by atoms with Gasteiger partial charge in [-0.2, -0.15) is 5.26 Å². The highest BCUT2D eigenvalue weighted by atomic mass is 16.6. The van der Waals surface area contributed by atoms with Crippen molar-refractivity contribution in [3.8, 4) is 6.07 Å². The summed E-state index contributed by atoms with van der Waals surface area (Å²) in [5.41, 5.74) is -0.890. The smallest absolute Gasteiger partial charge is 0.413 e. The molecule has 4 aliphatic rings. The Hall–Kier alpha value is -2.42. The van der Waals surface area contributed by atoms with Gasteiger partial charge in [0.05, 0.1) is 32.5 Å². The molecule has 11 nitrogen and oxygen atoms in total. The normalized spacial score (nSPS) is 25.8. The molecule has 0 aromatic carbocycles. The van der Waals surface area contributed by atoms with Crippen LogP contribution < -0.4 is 10.6 Å². The van der Waals surface area contributed by atoms with E-state index in [0.29, 0.717) is 70.7 Å². The quantitative estimate of drug-likeness (QED) is 0.375. The SMILES string of the molecule is CN1CCC(C#N)(NC(=O)[C@H](CC2CCCCC2)N=C(NC(=O)OC[C@H]2CCOC2)N2CCOCC2)CC1.[HH].[HH]. The average molecular weight is 537 g/mol. The van der Waals surface area contributed by atoms with E-state index in [1.807, 2.05) is 11.9 Å². The molecule has 3 saturated heterocycles. The van der Waals surface area contributed by atoms with Crippen molar-refractivity contribution in [1.82, 2.24) is 20.4 Å². The van der Waals surface area contributed by atoms with Crippen molar-refractivity contribution in [2.45, 2.75) is 69.4 Å². The number of nitrogens with zero attached hydrogens (tertiary/aromatic N) is 4. The Morgan fingerprint density at radius 2 is 1.82 bits per heavy atom. The Morgan fingerprint density at radius 3 is 2.47 bits per heavy atom. The third kappa shape index (κ3) is 8.29. The molecule has 4 rings (SSSR count). The molecule has 0 bridgehead atoms. The number of alkyl carbamates (subject to hydrolysis) is 1. The van der Waals surface area contributed by atoms with E-state index >= 15 is 0 Å². The molecule has 216 valence electrons. The number of nitrogens with one attached hydrogen (secondary N) is 2. The predicted molar refractivity (Wildman–Crippen MR) is 146 cm³/mol. The van der Waals surface area contributed by atoms with Crippen molar-refractivity contribution in [3.05, 3.63) is 0 Å². The van der Waals surface area contributed by atoms with E-state index in [4.69, 9.17) is 19.2 Å². The fourth-order valence-electron chi connectivity index (χ4n) is 5.69. The van der Waals surface area contributed by atoms with E-state index in [0.717, 1.165) is 45.2 Å². The number of ether oxygens (including phenoxy) is 3. The zero-order valence-electron chi connectivity index (χ0n) is 22.8. The number of rotatable bonds is 7. The number of piperidine rings is 1. The van der Waals surface area contributed by atoms with Crippen molar-refractivity contribution in [2.24, 2.45) is 16.8 Å². The first-order chi connectivity index (χ1) is 18.5. The molecule has 0 spiro atoms. The molecular weight excluding hydrogens is 488 g/mol. The summed E-state index contributed by atoms with van der Waals surface area (Å²) in [6.07, 6.45) is 7.72. The van der Waals surface area contributed by atoms with Crippen LogP contribution in [0.4, 0.5) is 4.79 Å². The fraction of sp³-hybridized carbons (Fsp3) is 0.852. The lowest BCUT2D eigenvalue weighted by atomic mass is 9.84. The van der Waals surface area contributed by atoms with Gasteiger partial charge in [0.25, 0.3) is 0 Å². The molecule has 2 N–H and O–H groups in total. The first-order valence-corrected chi connectivity index (χ1v) is 14.3. The molecule has 3 aliphatic heterocycles. The molecule has 3 heterocycles. The van der Waals surface area contributed by atoms with Gasteiger partial charge in [0, 0.05) is 41.6 Å². The molecular formula is C27H48N6O5. The van der Waals surface area contributed by atoms with Gasteiger partial charge in [0.2, 0.25) is 11.9 Å². The zero-order valence-corrected chi connectivity index (χ0v) is 22.8. The van der Waals surface area contributed by atoms with Gasteiger partial charge < -0.3 is 29.3 Å². The van der Waals surface area contributed by atoms with E-state index in [1.54, 1.807) is 0 Å². The molecule has 38 heavy (non-hydrogen) atoms. The van der Waals surface area contributed by atoms with Crippen LogP contribution in [-0.2, 0) is 19.0 Å². The van der Waals surface area contributed by atoms with E-state index in [2.05, 4.69) is 21.6 Å². The van der Waals surface area contributed by atoms with Crippen LogP contribution in [0.5, 0.6) is 0 Å². The highest BCUT2D eigenvalue weighted by Crippen LogP contribution is 2.29. The third-order valence-electron chi connectivity index (χ3n) is 8.28. The molecule has 2 atom stereocenters. The van der Waals surface area contributed by atoms with Crippen LogP contribution in [0.2, 0.25) is 0 Å². The number of hydrogen-bond acceptors (Lipinski definition) is 8. The van der Waals surface area contributed by atoms with Gasteiger partial charge in [-0.05, 0) is 38.6 Å². The van der Waals surface area contributed by atoms with Crippen molar-refractivity contribution in [3.63, 3.8) is 0 Å². The second-order valence-corrected chi connectivity index (χ2v) is 11.2. The summed E-state index contributed by atoms with van der Waals surface area (Å²) in [4.78, 5) is 35.5. The van der Waals surface area contributed by atoms with Gasteiger partial charge in [-0.15, -0.1) is 0 Å². The van der Waals surface area contributed by atoms with E-state index in [-0.39, 0.29) is 21.3 Å². The molecule has 2 amide bonds. The molecule has 11 heteroatoms. The largest absolute Gasteiger partial charge is 0.449 e. The Morgan fingerprint density at radius 1 is 1.08 bits per heavy atom. The average Bonchev–Trinajstić information content (AvgIpc) is 3.47. The fourth-order valence-corrected chi connectivity index (χ4v) is 5.69. The number of amides is 2. The molecule has 0 aromatic heterocycles. The Balaban J connectivity index is 0.00000280. The summed E-state index contributed by atoms with van der Waals surface area (Å²) in [7, 11) is 2.03. The molecule has 0 unspecified atom stereocenters. The van der Waals surface area contributed by atoms with Gasteiger partial charge in [-0.25, -0.2) is 9.79 Å². The number of carbonyl (C=O) groups is 2. The minimum Gasteiger partial charge on any atom is -0.449 e. The molecule has 0 radical (unpaired) electrons. The first-order valence-electron chi connectivity index (χ1n) is 14.3. The van der Waals surface area contributed by atoms with Crippen LogP contribution in [-0.4, -0.2) is 106 Å². The number of hydrogen-bond donors (Lipinski definition) is 2. The van der Waals surface area contributed by atoms with E-state index in [1.165, 1.54) is 6.42 Å². The van der Waals surface area contributed by atoms with Crippen LogP contribution in [0.1, 0.15) is 60.6 Å². The summed E-state index contributed by atoms with van der Waals surface area (Å²) in [6, 6.07) is 1.68. The summed E-state index contributed by atoms with van der Waals surface area (Å²) < 4.78 is 16.4. The van der Waals surface area contributed by atoms with Crippen molar-refractivity contribution < 1.29 is 26.7 Å². The molecule has 1 saturated carbocycles. The van der Waals surface area contributed by atoms with Gasteiger partial charge in [0.15, 0.2) is 0 Å². The lowest BCUT2D eigenvalue weighted by Gasteiger charge is -2.37. The topological polar surface area (TPSA) is 129 Å². The van der Waals surface area contributed by atoms with Crippen LogP contribution >= 0.6 is 0 Å². The summed E-state index contributed by atoms with van der Waals surface area (Å²) in [5, 5.41) is 15.9. The predicted octanol–water partition coefficient (Wildman–Crippen LogP) is 2.37. The molecule has 1 aliphatic carbocycles. The van der Waals surface area contributed by atoms with Gasteiger partial charge in [0.1, 0.15) is 11.6 Å². The van der Waals surface area contributed by atoms with Crippen molar-refractivity contribution in [1.29, 1.82) is 5.26 Å². The summed E-state index contributed by atoms with van der Waals surface area (Å²) in [6.45, 7) is 5.22. The van der Waals surface area contributed by atoms with Crippen molar-refractivity contribution in [2.75, 3.05) is 66.3 Å².